The smallest absolute Gasteiger partial charge is 0.220 e. The second-order valence-electron chi connectivity index (χ2n) is 19.8. The molecule has 76 heavy (non-hydrogen) atoms. The fourth-order valence-electron chi connectivity index (χ4n) is 9.04. The van der Waals surface area contributed by atoms with Crippen LogP contribution in [0.3, 0.4) is 0 Å². The first-order chi connectivity index (χ1) is 36.2. The number of fused-ring (bicyclic) bond motifs is 2. The van der Waals surface area contributed by atoms with E-state index in [2.05, 4.69) is 41.9 Å². The lowest BCUT2D eigenvalue weighted by atomic mass is 10.0. The van der Waals surface area contributed by atoms with Crippen molar-refractivity contribution in [3.63, 3.8) is 0 Å². The maximum Gasteiger partial charge on any atom is 0.220 e. The molecule has 1 aliphatic heterocycles. The molecule has 16 atom stereocenters. The average Bonchev–Trinajstić information content (AvgIpc) is 3.78. The van der Waals surface area contributed by atoms with Crippen molar-refractivity contribution in [2.24, 2.45) is 0 Å². The highest BCUT2D eigenvalue weighted by Crippen LogP contribution is 2.30. The Hall–Kier alpha value is -3.66. The number of aromatic amines is 1. The Labute approximate surface area is 443 Å². The number of nitrogens with one attached hydrogen (secondary N) is 7. The van der Waals surface area contributed by atoms with Crippen LogP contribution in [0.5, 0.6) is 0 Å². The maximum absolute atomic E-state index is 12.7. The number of amides is 1. The Morgan fingerprint density at radius 1 is 0.776 bits per heavy atom. The van der Waals surface area contributed by atoms with E-state index in [4.69, 9.17) is 10.2 Å². The van der Waals surface area contributed by atoms with Crippen LogP contribution in [-0.4, -0.2) is 248 Å². The number of H-pyrrole nitrogens is 1. The van der Waals surface area contributed by atoms with E-state index in [-0.39, 0.29) is 31.7 Å². The molecule has 0 bridgehead atoms. The first-order valence-electron chi connectivity index (χ1n) is 26.2. The second-order valence-corrected chi connectivity index (χ2v) is 19.8. The number of nitrogens with zero attached hydrogens (tertiary/aromatic N) is 3. The van der Waals surface area contributed by atoms with Gasteiger partial charge in [0.2, 0.25) is 5.91 Å². The number of aliphatic hydroxyl groups excluding tert-OH is 15. The number of likely N-dealkylation sites (N-methyl/N-ethyl adjacent to an activating group) is 1. The fourth-order valence-corrected chi connectivity index (χ4v) is 9.04. The highest BCUT2D eigenvalue weighted by atomic mass is 16.4. The summed E-state index contributed by atoms with van der Waals surface area (Å²) in [6, 6.07) is 11.6. The van der Waals surface area contributed by atoms with Crippen LogP contribution in [0.2, 0.25) is 0 Å². The van der Waals surface area contributed by atoms with Crippen LogP contribution in [-0.2, 0) is 17.9 Å². The average molecular weight is 1090 g/mol. The molecule has 0 saturated carbocycles. The molecular formula is C50H88N10O16. The topological polar surface area (TPSA) is 428 Å². The molecule has 22 N–H and O–H groups in total. The van der Waals surface area contributed by atoms with Gasteiger partial charge in [0.1, 0.15) is 73.6 Å². The van der Waals surface area contributed by atoms with Gasteiger partial charge in [-0.2, -0.15) is 0 Å². The van der Waals surface area contributed by atoms with Crippen molar-refractivity contribution >= 4 is 22.6 Å². The minimum atomic E-state index is -1.87. The first kappa shape index (κ1) is 64.9. The molecule has 0 spiro atoms. The van der Waals surface area contributed by atoms with Gasteiger partial charge in [0.15, 0.2) is 0 Å². The molecule has 1 aliphatic rings. The van der Waals surface area contributed by atoms with Gasteiger partial charge in [0, 0.05) is 50.4 Å². The number of imidazole rings is 1. The Bertz CT molecular complexity index is 2070. The van der Waals surface area contributed by atoms with Gasteiger partial charge < -0.3 is 97.5 Å². The number of para-hydroxylation sites is 2. The first-order valence-corrected chi connectivity index (χ1v) is 26.2. The van der Waals surface area contributed by atoms with Gasteiger partial charge in [-0.25, -0.2) is 4.98 Å². The number of benzene rings is 2. The van der Waals surface area contributed by atoms with E-state index in [1.807, 2.05) is 61.3 Å². The van der Waals surface area contributed by atoms with Crippen LogP contribution in [0.4, 0.5) is 5.69 Å². The van der Waals surface area contributed by atoms with E-state index in [1.54, 1.807) is 4.90 Å². The lowest BCUT2D eigenvalue weighted by molar-refractivity contribution is -0.126. The monoisotopic (exact) mass is 1080 g/mol. The Morgan fingerprint density at radius 3 is 2.07 bits per heavy atom. The number of hydrogen-bond acceptors (Lipinski definition) is 24. The summed E-state index contributed by atoms with van der Waals surface area (Å²) in [5, 5.41) is 171. The molecule has 1 amide bonds. The molecule has 0 fully saturated rings. The number of hydrogen-bond donors (Lipinski definition) is 22. The Balaban J connectivity index is 1.30. The number of aliphatic hydroxyl groups is 15. The van der Waals surface area contributed by atoms with E-state index >= 15 is 0 Å². The van der Waals surface area contributed by atoms with Crippen LogP contribution in [0.25, 0.3) is 11.0 Å². The molecule has 3 unspecified atom stereocenters. The number of rotatable bonds is 37. The molecule has 434 valence electrons. The summed E-state index contributed by atoms with van der Waals surface area (Å²) in [7, 11) is 3.36. The van der Waals surface area contributed by atoms with Crippen molar-refractivity contribution in [2.45, 2.75) is 176 Å². The predicted molar refractivity (Wildman–Crippen MR) is 279 cm³/mol. The van der Waals surface area contributed by atoms with Gasteiger partial charge in [0.25, 0.3) is 0 Å². The van der Waals surface area contributed by atoms with Crippen LogP contribution in [0.15, 0.2) is 42.5 Å². The number of anilines is 1. The zero-order valence-corrected chi connectivity index (χ0v) is 43.8. The van der Waals surface area contributed by atoms with Crippen molar-refractivity contribution in [2.75, 3.05) is 58.8 Å². The molecule has 0 radical (unpaired) electrons. The number of unbranched alkanes of at least 4 members (excludes halogenated alkanes) is 3. The molecule has 2 heterocycles. The fraction of sp³-hybridized carbons (Fsp3) is 0.720. The standard InChI is InChI=1S/C50H88N10O16/c1-4-30-50(76)60(24-29-21-28(13-14-31(29)55-30)49(75)59(3)25-40-56-32-11-7-8-12-33(32)57-40)20-10-6-5-9-19-52-47(73)35(16-18-42(68)54-23-37(64)44(70)46(72)39(66)27-62)58-48(74)34(51-2)15-17-41(67)53-22-36(63)43(69)45(71)38(65)26-61/h7-8,11-14,21,30,34-39,42-52,54-55,58,61-66,68-76H,4-6,9-10,15-20,22-27H2,1-3H3,(H,53,67)(H,56,57)/t30?,34-,35-,36-,37+,38+,39?,42+,43-,44-,45-,46?,47+,48+,49+,50+/m0/s1. The van der Waals surface area contributed by atoms with Crippen LogP contribution < -0.4 is 31.9 Å². The summed E-state index contributed by atoms with van der Waals surface area (Å²) in [6.07, 6.45) is -16.5. The molecule has 2 aromatic carbocycles. The maximum atomic E-state index is 12.7. The van der Waals surface area contributed by atoms with Crippen LogP contribution >= 0.6 is 0 Å². The Kier molecular flexibility index (Phi) is 28.2. The third kappa shape index (κ3) is 19.9. The third-order valence-electron chi connectivity index (χ3n) is 14.0. The van der Waals surface area contributed by atoms with Gasteiger partial charge in [-0.1, -0.05) is 38.0 Å². The summed E-state index contributed by atoms with van der Waals surface area (Å²) >= 11 is 0. The summed E-state index contributed by atoms with van der Waals surface area (Å²) in [4.78, 5) is 24.4. The highest BCUT2D eigenvalue weighted by molar-refractivity contribution is 5.76. The molecular weight excluding hydrogens is 997 g/mol. The molecule has 0 saturated heterocycles. The summed E-state index contributed by atoms with van der Waals surface area (Å²) in [5.41, 5.74) is 4.32. The van der Waals surface area contributed by atoms with Gasteiger partial charge in [-0.05, 0) is 94.6 Å². The second kappa shape index (κ2) is 33.1. The minimum Gasteiger partial charge on any atom is -0.394 e. The minimum absolute atomic E-state index is 0.0202. The summed E-state index contributed by atoms with van der Waals surface area (Å²) < 4.78 is 0. The lowest BCUT2D eigenvalue weighted by Gasteiger charge is -2.32. The van der Waals surface area contributed by atoms with Crippen LogP contribution in [0, 0.1) is 0 Å². The van der Waals surface area contributed by atoms with Crippen molar-refractivity contribution in [1.29, 1.82) is 0 Å². The van der Waals surface area contributed by atoms with Crippen LogP contribution in [0.1, 0.15) is 87.9 Å². The van der Waals surface area contributed by atoms with Gasteiger partial charge >= 0.3 is 0 Å². The Morgan fingerprint density at radius 2 is 1.42 bits per heavy atom. The largest absolute Gasteiger partial charge is 0.394 e. The third-order valence-corrected chi connectivity index (χ3v) is 14.0. The SMILES string of the molecule is CCC1Nc2ccc([C@@H](O)N(C)Cc3nc4ccccc4[nH]3)cc2CN(CCCCCCN[C@H](O)[C@H](CC[C@@H](O)NC[C@@H](O)[C@H](O)C(O)C(O)CO)N[C@H](O)[C@H](CCC(=O)NC[C@H](O)[C@H](O)[C@@H](O)[C@H](O)CO)NC)[C@@H]1O. The predicted octanol–water partition coefficient (Wildman–Crippen LogP) is -5.20. The summed E-state index contributed by atoms with van der Waals surface area (Å²) in [5.74, 6) is 0.144. The van der Waals surface area contributed by atoms with Crippen molar-refractivity contribution in [1.82, 2.24) is 46.4 Å². The zero-order valence-electron chi connectivity index (χ0n) is 43.8. The molecule has 0 aliphatic carbocycles. The van der Waals surface area contributed by atoms with Gasteiger partial charge in [0.05, 0.1) is 49.0 Å². The van der Waals surface area contributed by atoms with Gasteiger partial charge in [-0.15, -0.1) is 0 Å². The van der Waals surface area contributed by atoms with E-state index in [9.17, 15) is 71.2 Å². The van der Waals surface area contributed by atoms with Gasteiger partial charge in [-0.3, -0.25) is 30.5 Å². The lowest BCUT2D eigenvalue weighted by Crippen LogP contribution is -2.57. The normalized spacial score (nSPS) is 21.0. The van der Waals surface area contributed by atoms with E-state index in [0.717, 1.165) is 47.4 Å². The molecule has 1 aromatic heterocycles. The highest BCUT2D eigenvalue weighted by Gasteiger charge is 2.33. The number of aromatic nitrogens is 2. The van der Waals surface area contributed by atoms with Crippen molar-refractivity contribution in [3.05, 3.63) is 59.4 Å². The molecule has 26 heteroatoms. The van der Waals surface area contributed by atoms with E-state index < -0.39 is 124 Å². The quantitative estimate of drug-likeness (QED) is 0.0190. The molecule has 4 rings (SSSR count). The number of carbonyl (C=O) groups excluding carboxylic acids is 1. The zero-order chi connectivity index (χ0) is 56.1. The molecule has 26 nitrogen and oxygen atoms in total. The number of carbonyl (C=O) groups is 1. The van der Waals surface area contributed by atoms with E-state index in [0.29, 0.717) is 44.6 Å². The summed E-state index contributed by atoms with van der Waals surface area (Å²) in [6.45, 7) is 1.14. The molecule has 3 aromatic rings. The van der Waals surface area contributed by atoms with E-state index in [1.165, 1.54) is 7.05 Å². The van der Waals surface area contributed by atoms with Crippen molar-refractivity contribution in [3.8, 4) is 0 Å². The van der Waals surface area contributed by atoms with Crippen molar-refractivity contribution < 1.29 is 81.4 Å².